The highest BCUT2D eigenvalue weighted by Crippen LogP contribution is 2.20. The first-order valence-corrected chi connectivity index (χ1v) is 12.0. The molecule has 0 aliphatic carbocycles. The van der Waals surface area contributed by atoms with E-state index in [1.807, 2.05) is 18.2 Å². The van der Waals surface area contributed by atoms with Gasteiger partial charge >= 0.3 is 0 Å². The molecule has 2 aromatic carbocycles. The minimum atomic E-state index is -3.52. The van der Waals surface area contributed by atoms with E-state index in [1.165, 1.54) is 24.0 Å². The van der Waals surface area contributed by atoms with Crippen molar-refractivity contribution in [1.29, 1.82) is 0 Å². The van der Waals surface area contributed by atoms with Crippen LogP contribution in [0.15, 0.2) is 64.5 Å². The van der Waals surface area contributed by atoms with Crippen molar-refractivity contribution in [1.82, 2.24) is 19.8 Å². The van der Waals surface area contributed by atoms with Crippen LogP contribution in [-0.4, -0.2) is 64.4 Å². The van der Waals surface area contributed by atoms with Crippen molar-refractivity contribution in [3.63, 3.8) is 0 Å². The van der Waals surface area contributed by atoms with E-state index in [2.05, 4.69) is 58.6 Å². The Kier molecular flexibility index (Phi) is 9.48. The van der Waals surface area contributed by atoms with Gasteiger partial charge in [0.15, 0.2) is 5.96 Å². The van der Waals surface area contributed by atoms with E-state index in [9.17, 15) is 8.42 Å². The van der Waals surface area contributed by atoms with Crippen LogP contribution in [0.5, 0.6) is 0 Å². The second-order valence-electron chi connectivity index (χ2n) is 7.35. The van der Waals surface area contributed by atoms with Gasteiger partial charge in [0.2, 0.25) is 10.0 Å². The van der Waals surface area contributed by atoms with Crippen LogP contribution >= 0.6 is 0 Å². The van der Waals surface area contributed by atoms with Gasteiger partial charge in [-0.1, -0.05) is 62.4 Å². The number of sulfonamides is 1. The monoisotopic (exact) mass is 445 g/mol. The standard InChI is InChI=1S/C23H35N5O2S/c1-6-28(7-2)21(19-13-9-8-10-14-19)18-26-23(24-3)25-17-20-15-11-12-16-22(20)31(29,30)27(4)5/h8-16,21H,6-7,17-18H2,1-5H3,(H2,24,25,26). The molecule has 170 valence electrons. The molecule has 2 N–H and O–H groups in total. The third-order valence-corrected chi connectivity index (χ3v) is 7.22. The maximum absolute atomic E-state index is 12.6. The minimum absolute atomic E-state index is 0.205. The minimum Gasteiger partial charge on any atom is -0.354 e. The van der Waals surface area contributed by atoms with Gasteiger partial charge in [0.05, 0.1) is 10.9 Å². The summed E-state index contributed by atoms with van der Waals surface area (Å²) in [4.78, 5) is 7.02. The van der Waals surface area contributed by atoms with E-state index in [0.717, 1.165) is 13.1 Å². The van der Waals surface area contributed by atoms with Gasteiger partial charge in [0.25, 0.3) is 0 Å². The highest BCUT2D eigenvalue weighted by molar-refractivity contribution is 7.89. The summed E-state index contributed by atoms with van der Waals surface area (Å²) in [5, 5.41) is 6.66. The molecule has 8 heteroatoms. The third kappa shape index (κ3) is 6.53. The predicted molar refractivity (Wildman–Crippen MR) is 128 cm³/mol. The molecule has 0 aromatic heterocycles. The molecular weight excluding hydrogens is 410 g/mol. The second-order valence-corrected chi connectivity index (χ2v) is 9.47. The molecule has 7 nitrogen and oxygen atoms in total. The Morgan fingerprint density at radius 2 is 1.58 bits per heavy atom. The van der Waals surface area contributed by atoms with Gasteiger partial charge in [-0.05, 0) is 30.3 Å². The van der Waals surface area contributed by atoms with Gasteiger partial charge in [-0.2, -0.15) is 0 Å². The number of aliphatic imine (C=N–C) groups is 1. The van der Waals surface area contributed by atoms with Crippen LogP contribution in [0.25, 0.3) is 0 Å². The fourth-order valence-electron chi connectivity index (χ4n) is 3.49. The lowest BCUT2D eigenvalue weighted by molar-refractivity contribution is 0.219. The maximum Gasteiger partial charge on any atom is 0.242 e. The van der Waals surface area contributed by atoms with E-state index < -0.39 is 10.0 Å². The lowest BCUT2D eigenvalue weighted by atomic mass is 10.1. The maximum atomic E-state index is 12.6. The topological polar surface area (TPSA) is 77.0 Å². The molecule has 0 aliphatic rings. The van der Waals surface area contributed by atoms with Crippen LogP contribution in [0.1, 0.15) is 31.0 Å². The number of likely N-dealkylation sites (N-methyl/N-ethyl adjacent to an activating group) is 1. The van der Waals surface area contributed by atoms with Crippen molar-refractivity contribution in [3.05, 3.63) is 65.7 Å². The lowest BCUT2D eigenvalue weighted by Crippen LogP contribution is -2.43. The molecule has 0 aliphatic heterocycles. The molecule has 1 atom stereocenters. The molecule has 1 unspecified atom stereocenters. The van der Waals surface area contributed by atoms with E-state index in [1.54, 1.807) is 19.2 Å². The lowest BCUT2D eigenvalue weighted by Gasteiger charge is -2.30. The third-order valence-electron chi connectivity index (χ3n) is 5.30. The van der Waals surface area contributed by atoms with Crippen LogP contribution in [0.2, 0.25) is 0 Å². The van der Waals surface area contributed by atoms with Crippen molar-refractivity contribution >= 4 is 16.0 Å². The molecule has 31 heavy (non-hydrogen) atoms. The molecule has 2 rings (SSSR count). The Morgan fingerprint density at radius 3 is 2.16 bits per heavy atom. The summed E-state index contributed by atoms with van der Waals surface area (Å²) in [6, 6.07) is 17.7. The molecule has 0 saturated carbocycles. The zero-order valence-electron chi connectivity index (χ0n) is 19.2. The summed E-state index contributed by atoms with van der Waals surface area (Å²) in [6.45, 7) is 7.25. The van der Waals surface area contributed by atoms with Gasteiger partial charge in [0.1, 0.15) is 0 Å². The van der Waals surface area contributed by atoms with Gasteiger partial charge in [-0.3, -0.25) is 9.89 Å². The molecule has 0 spiro atoms. The molecule has 0 fully saturated rings. The summed E-state index contributed by atoms with van der Waals surface area (Å²) in [7, 11) is 1.28. The molecule has 0 bridgehead atoms. The normalized spacial score (nSPS) is 13.5. The van der Waals surface area contributed by atoms with Crippen LogP contribution in [0, 0.1) is 0 Å². The fourth-order valence-corrected chi connectivity index (χ4v) is 4.60. The summed E-state index contributed by atoms with van der Waals surface area (Å²) in [5.41, 5.74) is 1.94. The number of benzene rings is 2. The molecule has 0 amide bonds. The molecule has 0 radical (unpaired) electrons. The Morgan fingerprint density at radius 1 is 0.968 bits per heavy atom. The smallest absolute Gasteiger partial charge is 0.242 e. The highest BCUT2D eigenvalue weighted by atomic mass is 32.2. The van der Waals surface area contributed by atoms with E-state index in [0.29, 0.717) is 29.5 Å². The van der Waals surface area contributed by atoms with Crippen molar-refractivity contribution in [2.75, 3.05) is 40.8 Å². The highest BCUT2D eigenvalue weighted by Gasteiger charge is 2.21. The van der Waals surface area contributed by atoms with Gasteiger partial charge in [0, 0.05) is 34.2 Å². The Bertz CT molecular complexity index is 941. The average molecular weight is 446 g/mol. The number of rotatable bonds is 10. The number of hydrogen-bond acceptors (Lipinski definition) is 4. The Labute approximate surface area is 187 Å². The quantitative estimate of drug-likeness (QED) is 0.434. The van der Waals surface area contributed by atoms with Crippen LogP contribution in [-0.2, 0) is 16.6 Å². The fraction of sp³-hybridized carbons (Fsp3) is 0.435. The van der Waals surface area contributed by atoms with Crippen molar-refractivity contribution in [3.8, 4) is 0 Å². The molecule has 0 saturated heterocycles. The van der Waals surface area contributed by atoms with Crippen molar-refractivity contribution < 1.29 is 8.42 Å². The zero-order chi connectivity index (χ0) is 22.9. The SMILES string of the molecule is CCN(CC)C(CNC(=NC)NCc1ccccc1S(=O)(=O)N(C)C)c1ccccc1. The van der Waals surface area contributed by atoms with E-state index in [-0.39, 0.29) is 6.04 Å². The number of nitrogens with zero attached hydrogens (tertiary/aromatic N) is 3. The molecular formula is C23H35N5O2S. The Balaban J connectivity index is 2.11. The van der Waals surface area contributed by atoms with E-state index >= 15 is 0 Å². The Hall–Kier alpha value is -2.42. The number of hydrogen-bond donors (Lipinski definition) is 2. The van der Waals surface area contributed by atoms with Gasteiger partial charge in [-0.15, -0.1) is 0 Å². The van der Waals surface area contributed by atoms with Crippen molar-refractivity contribution in [2.24, 2.45) is 4.99 Å². The predicted octanol–water partition coefficient (Wildman–Crippen LogP) is 2.69. The van der Waals surface area contributed by atoms with Crippen LogP contribution in [0.4, 0.5) is 0 Å². The summed E-state index contributed by atoms with van der Waals surface area (Å²) in [5.74, 6) is 0.630. The summed E-state index contributed by atoms with van der Waals surface area (Å²) in [6.07, 6.45) is 0. The zero-order valence-corrected chi connectivity index (χ0v) is 20.0. The summed E-state index contributed by atoms with van der Waals surface area (Å²) >= 11 is 0. The van der Waals surface area contributed by atoms with Crippen LogP contribution in [0.3, 0.4) is 0 Å². The van der Waals surface area contributed by atoms with Gasteiger partial charge in [-0.25, -0.2) is 12.7 Å². The van der Waals surface area contributed by atoms with Crippen molar-refractivity contribution in [2.45, 2.75) is 31.3 Å². The number of nitrogens with one attached hydrogen (secondary N) is 2. The van der Waals surface area contributed by atoms with Gasteiger partial charge < -0.3 is 10.6 Å². The first kappa shape index (κ1) is 24.8. The first-order valence-electron chi connectivity index (χ1n) is 10.6. The summed E-state index contributed by atoms with van der Waals surface area (Å²) < 4.78 is 26.5. The van der Waals surface area contributed by atoms with Crippen LogP contribution < -0.4 is 10.6 Å². The number of guanidine groups is 1. The molecule has 2 aromatic rings. The average Bonchev–Trinajstić information content (AvgIpc) is 2.79. The second kappa shape index (κ2) is 11.8. The largest absolute Gasteiger partial charge is 0.354 e. The first-order chi connectivity index (χ1) is 14.8. The molecule has 0 heterocycles. The van der Waals surface area contributed by atoms with E-state index in [4.69, 9.17) is 0 Å².